The molecule has 2 aromatic heterocycles. The van der Waals surface area contributed by atoms with Gasteiger partial charge in [-0.25, -0.2) is 19.9 Å². The third kappa shape index (κ3) is 8.83. The lowest BCUT2D eigenvalue weighted by atomic mass is 9.88. The second kappa shape index (κ2) is 21.2. The lowest BCUT2D eigenvalue weighted by Gasteiger charge is -2.16. The van der Waals surface area contributed by atoms with Crippen molar-refractivity contribution in [3.8, 4) is 101 Å². The van der Waals surface area contributed by atoms with Crippen molar-refractivity contribution in [1.29, 1.82) is 0 Å². The molecule has 1 aliphatic rings. The molecule has 0 aliphatic heterocycles. The summed E-state index contributed by atoms with van der Waals surface area (Å²) in [5.74, 6) is 1.40. The maximum atomic E-state index is 5.46. The number of hydrogen-bond donors (Lipinski definition) is 0. The van der Waals surface area contributed by atoms with Crippen LogP contribution in [0.1, 0.15) is 11.1 Å². The highest BCUT2D eigenvalue weighted by atomic mass is 14.9. The minimum Gasteiger partial charge on any atom is -0.228 e. The van der Waals surface area contributed by atoms with Crippen LogP contribution in [0.5, 0.6) is 0 Å². The van der Waals surface area contributed by atoms with Gasteiger partial charge in [0.25, 0.3) is 0 Å². The summed E-state index contributed by atoms with van der Waals surface area (Å²) in [7, 11) is 0. The molecular formula is C89H54N4. The normalized spacial score (nSPS) is 12.0. The molecule has 0 radical (unpaired) electrons. The van der Waals surface area contributed by atoms with Gasteiger partial charge in [0.15, 0.2) is 11.6 Å². The van der Waals surface area contributed by atoms with Gasteiger partial charge in [-0.2, -0.15) is 0 Å². The van der Waals surface area contributed by atoms with E-state index >= 15 is 0 Å². The molecule has 0 fully saturated rings. The van der Waals surface area contributed by atoms with Gasteiger partial charge in [0, 0.05) is 33.4 Å². The Balaban J connectivity index is 0.664. The van der Waals surface area contributed by atoms with E-state index in [4.69, 9.17) is 19.9 Å². The average molecular weight is 1180 g/mol. The van der Waals surface area contributed by atoms with Crippen molar-refractivity contribution in [3.63, 3.8) is 0 Å². The zero-order chi connectivity index (χ0) is 61.1. The van der Waals surface area contributed by atoms with E-state index in [1.54, 1.807) is 0 Å². The van der Waals surface area contributed by atoms with Crippen molar-refractivity contribution in [3.05, 3.63) is 327 Å². The first kappa shape index (κ1) is 52.7. The zero-order valence-corrected chi connectivity index (χ0v) is 50.5. The van der Waals surface area contributed by atoms with Gasteiger partial charge in [-0.15, -0.1) is 0 Å². The number of rotatable bonds is 8. The number of aromatic nitrogens is 4. The summed E-state index contributed by atoms with van der Waals surface area (Å²) >= 11 is 0. The number of hydrogen-bond acceptors (Lipinski definition) is 4. The van der Waals surface area contributed by atoms with Crippen LogP contribution in [0, 0.1) is 0 Å². The maximum absolute atomic E-state index is 5.46. The molecule has 0 bridgehead atoms. The highest BCUT2D eigenvalue weighted by molar-refractivity contribution is 6.29. The topological polar surface area (TPSA) is 51.6 Å². The van der Waals surface area contributed by atoms with Gasteiger partial charge in [-0.3, -0.25) is 0 Å². The van der Waals surface area contributed by atoms with Crippen LogP contribution in [0.25, 0.3) is 187 Å². The van der Waals surface area contributed by atoms with Crippen molar-refractivity contribution in [2.45, 2.75) is 6.42 Å². The summed E-state index contributed by atoms with van der Waals surface area (Å²) in [5.41, 5.74) is 19.8. The van der Waals surface area contributed by atoms with Crippen LogP contribution < -0.4 is 0 Å². The van der Waals surface area contributed by atoms with E-state index in [-0.39, 0.29) is 0 Å². The average Bonchev–Trinajstić information content (AvgIpc) is 1.67. The molecular weight excluding hydrogens is 1130 g/mol. The van der Waals surface area contributed by atoms with Gasteiger partial charge in [-0.1, -0.05) is 267 Å². The van der Waals surface area contributed by atoms with Crippen molar-refractivity contribution >= 4 is 86.2 Å². The van der Waals surface area contributed by atoms with Crippen LogP contribution >= 0.6 is 0 Å². The van der Waals surface area contributed by atoms with E-state index in [0.29, 0.717) is 11.6 Å². The summed E-state index contributed by atoms with van der Waals surface area (Å²) in [6.07, 6.45) is 0.903. The lowest BCUT2D eigenvalue weighted by Crippen LogP contribution is -1.96. The van der Waals surface area contributed by atoms with Crippen LogP contribution in [0.2, 0.25) is 0 Å². The first-order valence-electron chi connectivity index (χ1n) is 31.9. The summed E-state index contributed by atoms with van der Waals surface area (Å²) in [6, 6.07) is 114. The highest BCUT2D eigenvalue weighted by Gasteiger charge is 2.26. The quantitative estimate of drug-likeness (QED) is 0.142. The molecule has 19 rings (SSSR count). The number of benzene rings is 16. The largest absolute Gasteiger partial charge is 0.228 e. The van der Waals surface area contributed by atoms with Crippen LogP contribution in [0.4, 0.5) is 0 Å². The Morgan fingerprint density at radius 3 is 1.20 bits per heavy atom. The van der Waals surface area contributed by atoms with Gasteiger partial charge in [0.05, 0.1) is 22.8 Å². The Morgan fingerprint density at radius 1 is 0.204 bits per heavy atom. The van der Waals surface area contributed by atoms with E-state index in [0.717, 1.165) is 73.7 Å². The molecule has 430 valence electrons. The predicted molar refractivity (Wildman–Crippen MR) is 389 cm³/mol. The van der Waals surface area contributed by atoms with Gasteiger partial charge in [0.1, 0.15) is 0 Å². The van der Waals surface area contributed by atoms with E-state index in [1.165, 1.54) is 120 Å². The Bertz CT molecular complexity index is 6060. The molecule has 0 unspecified atom stereocenters. The van der Waals surface area contributed by atoms with E-state index in [1.807, 2.05) is 24.3 Å². The minimum atomic E-state index is 0.693. The molecule has 0 atom stereocenters. The van der Waals surface area contributed by atoms with Crippen LogP contribution in [-0.2, 0) is 6.42 Å². The van der Waals surface area contributed by atoms with E-state index in [2.05, 4.69) is 291 Å². The SMILES string of the molecule is c1ccc(-c2cc(-c3ccc4c5ccc(-c6ccc7cc(-c8cccc(-c9cc(-c%10ccccc%10)nc(-c%10ccc%11c(c%10)c%10ccccc%10c%10ccc%12c(c%10%11)Cc%10ccc%11ccccc%11c%10-%12)n9)c8)ccc7c6)cc5c5ccccc5c4c3)nc(-c3ccccc3)n2)cc1. The Morgan fingerprint density at radius 2 is 0.581 bits per heavy atom. The van der Waals surface area contributed by atoms with Crippen molar-refractivity contribution in [2.24, 2.45) is 0 Å². The number of fused-ring (bicyclic) bond motifs is 19. The molecule has 4 nitrogen and oxygen atoms in total. The summed E-state index contributed by atoms with van der Waals surface area (Å²) in [5, 5.41) is 19.8. The molecule has 0 saturated heterocycles. The van der Waals surface area contributed by atoms with Crippen molar-refractivity contribution in [2.75, 3.05) is 0 Å². The molecule has 0 amide bonds. The Hall–Kier alpha value is -12.2. The summed E-state index contributed by atoms with van der Waals surface area (Å²) in [4.78, 5) is 21.1. The summed E-state index contributed by atoms with van der Waals surface area (Å²) < 4.78 is 0. The molecule has 2 heterocycles. The molecule has 1 aliphatic carbocycles. The highest BCUT2D eigenvalue weighted by Crippen LogP contribution is 2.49. The fraction of sp³-hybridized carbons (Fsp3) is 0.0112. The molecule has 18 aromatic rings. The molecule has 0 N–H and O–H groups in total. The van der Waals surface area contributed by atoms with Gasteiger partial charge < -0.3 is 0 Å². The first-order valence-corrected chi connectivity index (χ1v) is 31.9. The third-order valence-electron chi connectivity index (χ3n) is 19.4. The molecule has 16 aromatic carbocycles. The lowest BCUT2D eigenvalue weighted by molar-refractivity contribution is 1.18. The molecule has 93 heavy (non-hydrogen) atoms. The maximum Gasteiger partial charge on any atom is 0.160 e. The first-order chi connectivity index (χ1) is 46.0. The van der Waals surface area contributed by atoms with Crippen LogP contribution in [-0.4, -0.2) is 19.9 Å². The van der Waals surface area contributed by atoms with Crippen molar-refractivity contribution < 1.29 is 0 Å². The monoisotopic (exact) mass is 1180 g/mol. The van der Waals surface area contributed by atoms with E-state index < -0.39 is 0 Å². The van der Waals surface area contributed by atoms with E-state index in [9.17, 15) is 0 Å². The van der Waals surface area contributed by atoms with Crippen LogP contribution in [0.3, 0.4) is 0 Å². The fourth-order valence-electron chi connectivity index (χ4n) is 15.0. The molecule has 0 spiro atoms. The standard InChI is InChI=1S/C89H54N4/c1-4-18-55(19-5-1)82-53-85(92-88(90-82)57-22-8-3-9-23-57)65-38-41-74-73-40-37-63(48-78(73)71-29-14-15-30-72(71)79(74)49-65)62-35-34-60-45-59(32-33-61(60)46-62)58-24-16-25-64(47-58)84-52-83(56-20-6-2-7-21-56)91-89(93-84)67-39-42-76-80(51-67)70-28-13-12-27-69(70)75-43-44-77-81(87(75)76)50-66-36-31-54-17-10-11-26-68(54)86(66)77/h1-49,51-53H,50H2. The Labute approximate surface area is 537 Å². The zero-order valence-electron chi connectivity index (χ0n) is 50.5. The van der Waals surface area contributed by atoms with Gasteiger partial charge in [0.2, 0.25) is 0 Å². The third-order valence-corrected chi connectivity index (χ3v) is 19.4. The fourth-order valence-corrected chi connectivity index (χ4v) is 15.0. The van der Waals surface area contributed by atoms with Gasteiger partial charge in [-0.05, 0) is 186 Å². The summed E-state index contributed by atoms with van der Waals surface area (Å²) in [6.45, 7) is 0. The predicted octanol–water partition coefficient (Wildman–Crippen LogP) is 23.4. The smallest absolute Gasteiger partial charge is 0.160 e. The minimum absolute atomic E-state index is 0.693. The van der Waals surface area contributed by atoms with Crippen molar-refractivity contribution in [1.82, 2.24) is 19.9 Å². The van der Waals surface area contributed by atoms with Gasteiger partial charge >= 0.3 is 0 Å². The molecule has 0 saturated carbocycles. The second-order valence-electron chi connectivity index (χ2n) is 24.8. The second-order valence-corrected chi connectivity index (χ2v) is 24.8. The Kier molecular flexibility index (Phi) is 12.0. The van der Waals surface area contributed by atoms with Crippen LogP contribution in [0.15, 0.2) is 315 Å². The molecule has 4 heteroatoms. The number of nitrogens with zero attached hydrogens (tertiary/aromatic N) is 4.